The summed E-state index contributed by atoms with van der Waals surface area (Å²) in [7, 11) is 0. The normalized spacial score (nSPS) is 18.6. The second-order valence-electron chi connectivity index (χ2n) is 5.39. The second kappa shape index (κ2) is 6.18. The molecular weight excluding hydrogens is 238 g/mol. The first-order valence-electron chi connectivity index (χ1n) is 7.05. The molecule has 1 aliphatic heterocycles. The predicted molar refractivity (Wildman–Crippen MR) is 74.4 cm³/mol. The average molecular weight is 261 g/mol. The van der Waals surface area contributed by atoms with Crippen LogP contribution in [0.15, 0.2) is 12.4 Å². The van der Waals surface area contributed by atoms with Gasteiger partial charge in [0.15, 0.2) is 0 Å². The Hall–Kier alpha value is -1.38. The molecule has 1 N–H and O–H groups in total. The van der Waals surface area contributed by atoms with Gasteiger partial charge >= 0.3 is 0 Å². The van der Waals surface area contributed by atoms with Gasteiger partial charge in [0.2, 0.25) is 0 Å². The molecule has 2 heterocycles. The van der Waals surface area contributed by atoms with Gasteiger partial charge in [-0.2, -0.15) is 5.26 Å². The van der Waals surface area contributed by atoms with E-state index in [1.165, 1.54) is 0 Å². The molecule has 0 amide bonds. The minimum absolute atomic E-state index is 0.386. The van der Waals surface area contributed by atoms with Crippen molar-refractivity contribution in [3.05, 3.63) is 18.2 Å². The molecule has 2 rings (SSSR count). The molecule has 1 aliphatic rings. The molecule has 5 heteroatoms. The molecule has 1 unspecified atom stereocenters. The third kappa shape index (κ3) is 3.55. The zero-order valence-electron chi connectivity index (χ0n) is 11.9. The molecule has 0 spiro atoms. The number of hydrogen-bond acceptors (Lipinski definition) is 4. The van der Waals surface area contributed by atoms with E-state index in [2.05, 4.69) is 25.8 Å². The van der Waals surface area contributed by atoms with Crippen LogP contribution in [0.4, 0.5) is 0 Å². The van der Waals surface area contributed by atoms with Crippen LogP contribution < -0.4 is 5.32 Å². The van der Waals surface area contributed by atoms with E-state index in [1.807, 2.05) is 26.2 Å². The maximum absolute atomic E-state index is 9.22. The third-order valence-electron chi connectivity index (χ3n) is 3.79. The quantitative estimate of drug-likeness (QED) is 0.840. The van der Waals surface area contributed by atoms with Crippen LogP contribution in [-0.2, 0) is 13.1 Å². The summed E-state index contributed by atoms with van der Waals surface area (Å²) in [6, 6.07) is 2.38. The molecule has 19 heavy (non-hydrogen) atoms. The highest BCUT2D eigenvalue weighted by atomic mass is 15.2. The summed E-state index contributed by atoms with van der Waals surface area (Å²) in [6.45, 7) is 8.93. The van der Waals surface area contributed by atoms with Gasteiger partial charge in [-0.15, -0.1) is 0 Å². The van der Waals surface area contributed by atoms with Crippen molar-refractivity contribution in [2.45, 2.75) is 45.3 Å². The van der Waals surface area contributed by atoms with Gasteiger partial charge in [-0.05, 0) is 32.9 Å². The molecule has 0 aromatic carbocycles. The predicted octanol–water partition coefficient (Wildman–Crippen LogP) is 1.37. The number of rotatable bonds is 6. The van der Waals surface area contributed by atoms with E-state index in [1.54, 1.807) is 0 Å². The first-order valence-corrected chi connectivity index (χ1v) is 7.05. The Morgan fingerprint density at radius 2 is 2.37 bits per heavy atom. The van der Waals surface area contributed by atoms with Gasteiger partial charge < -0.3 is 4.57 Å². The van der Waals surface area contributed by atoms with E-state index in [-0.39, 0.29) is 5.54 Å². The fourth-order valence-electron chi connectivity index (χ4n) is 2.64. The van der Waals surface area contributed by atoms with Gasteiger partial charge in [0.1, 0.15) is 11.4 Å². The smallest absolute Gasteiger partial charge is 0.122 e. The van der Waals surface area contributed by atoms with Crippen molar-refractivity contribution in [1.82, 2.24) is 19.8 Å². The number of imidazole rings is 1. The molecule has 0 saturated heterocycles. The fourth-order valence-corrected chi connectivity index (χ4v) is 2.64. The molecule has 1 atom stereocenters. The molecule has 104 valence electrons. The van der Waals surface area contributed by atoms with Crippen molar-refractivity contribution in [2.24, 2.45) is 0 Å². The molecule has 1 aromatic rings. The average Bonchev–Trinajstić information content (AvgIpc) is 2.86. The van der Waals surface area contributed by atoms with Crippen molar-refractivity contribution in [1.29, 1.82) is 5.26 Å². The standard InChI is InChI=1S/C14H23N5/c1-3-17-14(2,12-15)5-4-7-18-9-10-19-8-6-16-13(19)11-18/h6,8,17H,3-5,7,9-11H2,1-2H3. The number of hydrogen-bond donors (Lipinski definition) is 1. The van der Waals surface area contributed by atoms with Gasteiger partial charge in [-0.3, -0.25) is 10.2 Å². The number of fused-ring (bicyclic) bond motifs is 1. The molecular formula is C14H23N5. The largest absolute Gasteiger partial charge is 0.333 e. The molecule has 0 saturated carbocycles. The lowest BCUT2D eigenvalue weighted by Gasteiger charge is -2.29. The first kappa shape index (κ1) is 14.0. The van der Waals surface area contributed by atoms with E-state index in [9.17, 15) is 5.26 Å². The zero-order valence-corrected chi connectivity index (χ0v) is 11.9. The second-order valence-corrected chi connectivity index (χ2v) is 5.39. The van der Waals surface area contributed by atoms with Crippen LogP contribution >= 0.6 is 0 Å². The Kier molecular flexibility index (Phi) is 4.56. The van der Waals surface area contributed by atoms with E-state index < -0.39 is 0 Å². The van der Waals surface area contributed by atoms with Crippen LogP contribution in [0.2, 0.25) is 0 Å². The van der Waals surface area contributed by atoms with Gasteiger partial charge in [-0.25, -0.2) is 4.98 Å². The maximum Gasteiger partial charge on any atom is 0.122 e. The lowest BCUT2D eigenvalue weighted by molar-refractivity contribution is 0.207. The van der Waals surface area contributed by atoms with Crippen molar-refractivity contribution in [3.8, 4) is 6.07 Å². The topological polar surface area (TPSA) is 56.9 Å². The number of nitrogens with one attached hydrogen (secondary N) is 1. The van der Waals surface area contributed by atoms with E-state index in [4.69, 9.17) is 0 Å². The summed E-state index contributed by atoms with van der Waals surface area (Å²) in [4.78, 5) is 6.79. The molecule has 0 aliphatic carbocycles. The molecule has 0 bridgehead atoms. The van der Waals surface area contributed by atoms with Crippen LogP contribution in [-0.4, -0.2) is 39.6 Å². The Morgan fingerprint density at radius 1 is 1.53 bits per heavy atom. The van der Waals surface area contributed by atoms with Crippen LogP contribution in [0, 0.1) is 11.3 Å². The van der Waals surface area contributed by atoms with Crippen molar-refractivity contribution < 1.29 is 0 Å². The molecule has 1 aromatic heterocycles. The van der Waals surface area contributed by atoms with Crippen molar-refractivity contribution in [2.75, 3.05) is 19.6 Å². The molecule has 0 radical (unpaired) electrons. The van der Waals surface area contributed by atoms with Crippen LogP contribution in [0.1, 0.15) is 32.5 Å². The minimum Gasteiger partial charge on any atom is -0.333 e. The van der Waals surface area contributed by atoms with Crippen molar-refractivity contribution in [3.63, 3.8) is 0 Å². The van der Waals surface area contributed by atoms with Gasteiger partial charge in [0.05, 0.1) is 12.6 Å². The third-order valence-corrected chi connectivity index (χ3v) is 3.79. The Balaban J connectivity index is 1.77. The zero-order chi connectivity index (χ0) is 13.7. The van der Waals surface area contributed by atoms with Crippen LogP contribution in [0.5, 0.6) is 0 Å². The maximum atomic E-state index is 9.22. The Morgan fingerprint density at radius 3 is 3.11 bits per heavy atom. The number of aromatic nitrogens is 2. The van der Waals surface area contributed by atoms with Crippen LogP contribution in [0.25, 0.3) is 0 Å². The summed E-state index contributed by atoms with van der Waals surface area (Å²) in [5.74, 6) is 1.15. The first-order chi connectivity index (χ1) is 9.17. The highest BCUT2D eigenvalue weighted by molar-refractivity contribution is 5.03. The van der Waals surface area contributed by atoms with Gasteiger partial charge in [0, 0.05) is 25.5 Å². The van der Waals surface area contributed by atoms with E-state index in [0.717, 1.165) is 51.4 Å². The highest BCUT2D eigenvalue weighted by Crippen LogP contribution is 2.14. The summed E-state index contributed by atoms with van der Waals surface area (Å²) in [5.41, 5.74) is -0.386. The Bertz CT molecular complexity index is 447. The van der Waals surface area contributed by atoms with Gasteiger partial charge in [0.25, 0.3) is 0 Å². The SMILES string of the molecule is CCNC(C)(C#N)CCCN1CCn2ccnc2C1. The Labute approximate surface area is 115 Å². The summed E-state index contributed by atoms with van der Waals surface area (Å²) in [6.07, 6.45) is 5.85. The van der Waals surface area contributed by atoms with E-state index >= 15 is 0 Å². The van der Waals surface area contributed by atoms with Crippen LogP contribution in [0.3, 0.4) is 0 Å². The lowest BCUT2D eigenvalue weighted by atomic mass is 9.97. The van der Waals surface area contributed by atoms with Gasteiger partial charge in [-0.1, -0.05) is 6.92 Å². The monoisotopic (exact) mass is 261 g/mol. The minimum atomic E-state index is -0.386. The van der Waals surface area contributed by atoms with E-state index in [0.29, 0.717) is 0 Å². The summed E-state index contributed by atoms with van der Waals surface area (Å²) < 4.78 is 2.22. The summed E-state index contributed by atoms with van der Waals surface area (Å²) in [5, 5.41) is 12.5. The highest BCUT2D eigenvalue weighted by Gasteiger charge is 2.23. The molecule has 5 nitrogen and oxygen atoms in total. The lowest BCUT2D eigenvalue weighted by Crippen LogP contribution is -2.42. The number of nitrogens with zero attached hydrogens (tertiary/aromatic N) is 4. The molecule has 0 fully saturated rings. The fraction of sp³-hybridized carbons (Fsp3) is 0.714. The summed E-state index contributed by atoms with van der Waals surface area (Å²) >= 11 is 0. The van der Waals surface area contributed by atoms with Crippen molar-refractivity contribution >= 4 is 0 Å². The number of nitriles is 1.